The van der Waals surface area contributed by atoms with Gasteiger partial charge in [-0.1, -0.05) is 75.9 Å². The van der Waals surface area contributed by atoms with Crippen LogP contribution in [-0.4, -0.2) is 17.0 Å². The minimum Gasteiger partial charge on any atom is -0.481 e. The van der Waals surface area contributed by atoms with Gasteiger partial charge in [-0.05, 0) is 24.3 Å². The van der Waals surface area contributed by atoms with Crippen LogP contribution in [-0.2, 0) is 14.3 Å². The summed E-state index contributed by atoms with van der Waals surface area (Å²) in [5.74, 6) is -0.346. The van der Waals surface area contributed by atoms with Crippen LogP contribution in [0.4, 0.5) is 0 Å². The van der Waals surface area contributed by atoms with Gasteiger partial charge in [-0.3, -0.25) is 9.59 Å². The van der Waals surface area contributed by atoms with Crippen molar-refractivity contribution in [3.8, 4) is 0 Å². The van der Waals surface area contributed by atoms with Gasteiger partial charge in [-0.15, -0.1) is 0 Å². The van der Waals surface area contributed by atoms with E-state index in [2.05, 4.69) is 48.6 Å². The van der Waals surface area contributed by atoms with E-state index in [4.69, 9.17) is 9.90 Å². The molecule has 1 aromatic rings. The third-order valence-corrected chi connectivity index (χ3v) is 3.85. The summed E-state index contributed by atoms with van der Waals surface area (Å²) in [7, 11) is 0. The Kier molecular flexibility index (Phi) is 14.1. The topological polar surface area (TPSA) is 63.6 Å². The highest BCUT2D eigenvalue weighted by molar-refractivity contribution is 5.69. The molecule has 1 rings (SSSR count). The quantitative estimate of drug-likeness (QED) is 0.317. The lowest BCUT2D eigenvalue weighted by Gasteiger charge is -2.11. The summed E-state index contributed by atoms with van der Waals surface area (Å²) in [6.45, 7) is 6.76. The average molecular weight is 348 g/mol. The first-order valence-corrected chi connectivity index (χ1v) is 9.02. The van der Waals surface area contributed by atoms with E-state index in [0.29, 0.717) is 12.3 Å². The second-order valence-electron chi connectivity index (χ2n) is 6.15. The molecule has 0 heterocycles. The predicted octanol–water partition coefficient (Wildman–Crippen LogP) is 5.69. The molecule has 25 heavy (non-hydrogen) atoms. The van der Waals surface area contributed by atoms with E-state index >= 15 is 0 Å². The third-order valence-electron chi connectivity index (χ3n) is 3.85. The maximum Gasteiger partial charge on any atom is 0.310 e. The van der Waals surface area contributed by atoms with Crippen LogP contribution in [0.1, 0.15) is 76.7 Å². The summed E-state index contributed by atoms with van der Waals surface area (Å²) in [6, 6.07) is 10.7. The molecular formula is C21H32O4. The number of carboxylic acid groups (broad SMARTS) is 1. The summed E-state index contributed by atoms with van der Waals surface area (Å²) in [4.78, 5) is 20.1. The van der Waals surface area contributed by atoms with Crippen molar-refractivity contribution in [2.75, 3.05) is 0 Å². The smallest absolute Gasteiger partial charge is 0.310 e. The molecule has 0 aliphatic carbocycles. The van der Waals surface area contributed by atoms with Crippen LogP contribution < -0.4 is 0 Å². The number of aliphatic carboxylic acids is 1. The van der Waals surface area contributed by atoms with Crippen LogP contribution in [0.15, 0.2) is 43.2 Å². The van der Waals surface area contributed by atoms with Crippen LogP contribution in [0, 0.1) is 0 Å². The second-order valence-corrected chi connectivity index (χ2v) is 6.15. The standard InChI is InChI=1S/C19H28O2.C2H4O2/c1-3-21-19(20)16-12-7-5-4-6-9-13-17(2)18-14-10-8-11-15-18;1-2(3)4/h3,8,10-11,14-15,17H,1,4-7,9,12-13,16H2,2H3;1H3,(H,3,4). The number of unbranched alkanes of at least 4 members (excludes halogenated alkanes) is 5. The lowest BCUT2D eigenvalue weighted by Crippen LogP contribution is -1.98. The molecule has 0 aromatic heterocycles. The number of carbonyl (C=O) groups is 2. The summed E-state index contributed by atoms with van der Waals surface area (Å²) in [5.41, 5.74) is 1.44. The van der Waals surface area contributed by atoms with Crippen molar-refractivity contribution in [3.05, 3.63) is 48.7 Å². The van der Waals surface area contributed by atoms with Gasteiger partial charge in [0.05, 0.1) is 6.26 Å². The molecule has 0 spiro atoms. The zero-order valence-electron chi connectivity index (χ0n) is 15.6. The number of benzene rings is 1. The molecular weight excluding hydrogens is 316 g/mol. The van der Waals surface area contributed by atoms with Gasteiger partial charge in [-0.25, -0.2) is 0 Å². The minimum atomic E-state index is -0.833. The van der Waals surface area contributed by atoms with E-state index in [0.717, 1.165) is 19.8 Å². The Labute approximate surface area is 151 Å². The molecule has 0 aliphatic heterocycles. The van der Waals surface area contributed by atoms with Gasteiger partial charge in [0.25, 0.3) is 5.97 Å². The first-order valence-electron chi connectivity index (χ1n) is 9.02. The maximum atomic E-state index is 11.1. The second kappa shape index (κ2) is 15.4. The number of ether oxygens (including phenoxy) is 1. The number of esters is 1. The Morgan fingerprint density at radius 2 is 1.60 bits per heavy atom. The van der Waals surface area contributed by atoms with Crippen molar-refractivity contribution in [3.63, 3.8) is 0 Å². The average Bonchev–Trinajstić information content (AvgIpc) is 2.57. The van der Waals surface area contributed by atoms with Gasteiger partial charge in [0.2, 0.25) is 0 Å². The zero-order valence-corrected chi connectivity index (χ0v) is 15.6. The lowest BCUT2D eigenvalue weighted by atomic mass is 9.95. The van der Waals surface area contributed by atoms with Gasteiger partial charge in [0.15, 0.2) is 0 Å². The van der Waals surface area contributed by atoms with E-state index in [9.17, 15) is 4.79 Å². The Morgan fingerprint density at radius 3 is 2.16 bits per heavy atom. The first kappa shape index (κ1) is 22.9. The molecule has 140 valence electrons. The predicted molar refractivity (Wildman–Crippen MR) is 101 cm³/mol. The molecule has 1 N–H and O–H groups in total. The summed E-state index contributed by atoms with van der Waals surface area (Å²) in [5, 5.41) is 7.42. The van der Waals surface area contributed by atoms with Gasteiger partial charge in [0.1, 0.15) is 0 Å². The zero-order chi connectivity index (χ0) is 18.9. The van der Waals surface area contributed by atoms with Crippen LogP contribution in [0.5, 0.6) is 0 Å². The van der Waals surface area contributed by atoms with E-state index in [1.165, 1.54) is 43.9 Å². The molecule has 0 amide bonds. The Hall–Kier alpha value is -2.10. The van der Waals surface area contributed by atoms with Crippen LogP contribution >= 0.6 is 0 Å². The molecule has 0 aliphatic rings. The van der Waals surface area contributed by atoms with Crippen molar-refractivity contribution in [1.82, 2.24) is 0 Å². The lowest BCUT2D eigenvalue weighted by molar-refractivity contribution is -0.138. The van der Waals surface area contributed by atoms with Gasteiger partial charge in [0, 0.05) is 13.3 Å². The fourth-order valence-electron chi connectivity index (χ4n) is 2.53. The van der Waals surface area contributed by atoms with Crippen LogP contribution in [0.2, 0.25) is 0 Å². The molecule has 0 saturated heterocycles. The molecule has 0 bridgehead atoms. The van der Waals surface area contributed by atoms with Gasteiger partial charge < -0.3 is 9.84 Å². The SMILES string of the molecule is C=COC(=O)CCCCCCCCC(C)c1ccccc1.CC(=O)O. The molecule has 1 aromatic carbocycles. The largest absolute Gasteiger partial charge is 0.481 e. The first-order chi connectivity index (χ1) is 12.0. The van der Waals surface area contributed by atoms with E-state index in [1.54, 1.807) is 0 Å². The fourth-order valence-corrected chi connectivity index (χ4v) is 2.53. The molecule has 1 atom stereocenters. The fraction of sp³-hybridized carbons (Fsp3) is 0.524. The van der Waals surface area contributed by atoms with Crippen molar-refractivity contribution in [1.29, 1.82) is 0 Å². The normalized spacial score (nSPS) is 11.0. The molecule has 4 nitrogen and oxygen atoms in total. The monoisotopic (exact) mass is 348 g/mol. The van der Waals surface area contributed by atoms with E-state index in [-0.39, 0.29) is 5.97 Å². The van der Waals surface area contributed by atoms with Crippen molar-refractivity contribution in [2.24, 2.45) is 0 Å². The third kappa shape index (κ3) is 15.2. The molecule has 0 radical (unpaired) electrons. The molecule has 4 heteroatoms. The Morgan fingerprint density at radius 1 is 1.08 bits per heavy atom. The highest BCUT2D eigenvalue weighted by Crippen LogP contribution is 2.21. The van der Waals surface area contributed by atoms with Crippen LogP contribution in [0.3, 0.4) is 0 Å². The number of rotatable bonds is 11. The number of carboxylic acids is 1. The highest BCUT2D eigenvalue weighted by Gasteiger charge is 2.04. The number of hydrogen-bond acceptors (Lipinski definition) is 3. The summed E-state index contributed by atoms with van der Waals surface area (Å²) >= 11 is 0. The summed E-state index contributed by atoms with van der Waals surface area (Å²) < 4.78 is 4.68. The number of carbonyl (C=O) groups excluding carboxylic acids is 1. The molecule has 0 fully saturated rings. The molecule has 1 unspecified atom stereocenters. The number of hydrogen-bond donors (Lipinski definition) is 1. The Bertz CT molecular complexity index is 478. The van der Waals surface area contributed by atoms with Gasteiger partial charge in [-0.2, -0.15) is 0 Å². The highest BCUT2D eigenvalue weighted by atomic mass is 16.5. The summed E-state index contributed by atoms with van der Waals surface area (Å²) in [6.07, 6.45) is 10.1. The molecule has 0 saturated carbocycles. The van der Waals surface area contributed by atoms with Crippen LogP contribution in [0.25, 0.3) is 0 Å². The van der Waals surface area contributed by atoms with E-state index < -0.39 is 5.97 Å². The van der Waals surface area contributed by atoms with Crippen molar-refractivity contribution < 1.29 is 19.4 Å². The van der Waals surface area contributed by atoms with Crippen molar-refractivity contribution in [2.45, 2.75) is 71.1 Å². The van der Waals surface area contributed by atoms with E-state index in [1.807, 2.05) is 0 Å². The van der Waals surface area contributed by atoms with Crippen molar-refractivity contribution >= 4 is 11.9 Å². The maximum absolute atomic E-state index is 11.1. The minimum absolute atomic E-state index is 0.165. The van der Waals surface area contributed by atoms with Gasteiger partial charge >= 0.3 is 5.97 Å². The Balaban J connectivity index is 0.00000129.